The summed E-state index contributed by atoms with van der Waals surface area (Å²) in [7, 11) is 0. The minimum Gasteiger partial charge on any atom is -0.368 e. The maximum Gasteiger partial charge on any atom is 0.416 e. The summed E-state index contributed by atoms with van der Waals surface area (Å²) in [5.74, 6) is 3.54. The molecule has 1 aliphatic rings. The fourth-order valence-corrected chi connectivity index (χ4v) is 4.82. The third-order valence-corrected chi connectivity index (χ3v) is 6.94. The Morgan fingerprint density at radius 1 is 0.951 bits per heavy atom. The number of amides is 3. The van der Waals surface area contributed by atoms with Gasteiger partial charge < -0.3 is 16.9 Å². The van der Waals surface area contributed by atoms with Crippen LogP contribution in [0.5, 0.6) is 0 Å². The number of nitrogens with two attached hydrogens (primary N) is 2. The first-order valence-corrected chi connectivity index (χ1v) is 13.0. The Hall–Kier alpha value is -4.61. The van der Waals surface area contributed by atoms with E-state index in [0.717, 1.165) is 37.3 Å². The lowest BCUT2D eigenvalue weighted by atomic mass is 9.84. The van der Waals surface area contributed by atoms with Gasteiger partial charge in [0.2, 0.25) is 5.96 Å². The Labute approximate surface area is 234 Å². The molecule has 0 aliphatic heterocycles. The first-order valence-electron chi connectivity index (χ1n) is 13.0. The van der Waals surface area contributed by atoms with Crippen LogP contribution in [0.3, 0.4) is 0 Å². The first kappa shape index (κ1) is 29.4. The third kappa shape index (κ3) is 7.74. The minimum absolute atomic E-state index is 0.00431. The van der Waals surface area contributed by atoms with Gasteiger partial charge in [-0.25, -0.2) is 9.18 Å². The number of alkyl halides is 3. The number of halogens is 4. The van der Waals surface area contributed by atoms with Gasteiger partial charge in [-0.1, -0.05) is 43.5 Å². The number of hydrogen-bond acceptors (Lipinski definition) is 4. The number of guanidine groups is 1. The van der Waals surface area contributed by atoms with Crippen LogP contribution < -0.4 is 27.1 Å². The second-order valence-corrected chi connectivity index (χ2v) is 9.83. The fourth-order valence-electron chi connectivity index (χ4n) is 4.82. The molecule has 3 aromatic carbocycles. The Kier molecular flexibility index (Phi) is 9.10. The molecule has 4 rings (SSSR count). The number of anilines is 2. The lowest BCUT2D eigenvalue weighted by Gasteiger charge is -2.26. The Morgan fingerprint density at radius 2 is 1.61 bits per heavy atom. The number of hydrogen-bond donors (Lipinski definition) is 4. The topological polar surface area (TPSA) is 126 Å². The predicted octanol–water partition coefficient (Wildman–Crippen LogP) is 6.05. The molecule has 1 fully saturated rings. The summed E-state index contributed by atoms with van der Waals surface area (Å²) in [6.07, 6.45) is 0.932. The van der Waals surface area contributed by atoms with Gasteiger partial charge in [0.1, 0.15) is 5.82 Å². The molecule has 0 unspecified atom stereocenters. The zero-order chi connectivity index (χ0) is 29.6. The second-order valence-electron chi connectivity index (χ2n) is 9.83. The summed E-state index contributed by atoms with van der Waals surface area (Å²) in [4.78, 5) is 27.0. The molecule has 3 aromatic rings. The molecule has 41 heavy (non-hydrogen) atoms. The van der Waals surface area contributed by atoms with E-state index in [4.69, 9.17) is 11.6 Å². The van der Waals surface area contributed by atoms with E-state index in [1.54, 1.807) is 24.3 Å². The number of benzene rings is 3. The minimum atomic E-state index is -4.79. The molecule has 1 saturated carbocycles. The maximum absolute atomic E-state index is 14.0. The monoisotopic (exact) mass is 570 g/mol. The molecule has 12 heteroatoms. The van der Waals surface area contributed by atoms with Crippen LogP contribution in [-0.4, -0.2) is 17.9 Å². The van der Waals surface area contributed by atoms with Crippen molar-refractivity contribution in [3.05, 3.63) is 94.8 Å². The Balaban J connectivity index is 1.60. The van der Waals surface area contributed by atoms with Gasteiger partial charge in [0, 0.05) is 16.9 Å². The summed E-state index contributed by atoms with van der Waals surface area (Å²) < 4.78 is 53.7. The number of carbonyl (C=O) groups excluding carboxylic acids is 2. The highest BCUT2D eigenvalue weighted by atomic mass is 19.4. The van der Waals surface area contributed by atoms with Crippen molar-refractivity contribution >= 4 is 29.3 Å². The molecular formula is C29H30F4N6O2. The lowest BCUT2D eigenvalue weighted by molar-refractivity contribution is -0.137. The van der Waals surface area contributed by atoms with E-state index in [2.05, 4.69) is 15.7 Å². The van der Waals surface area contributed by atoms with Crippen molar-refractivity contribution in [1.29, 1.82) is 0 Å². The maximum atomic E-state index is 14.0. The van der Waals surface area contributed by atoms with Crippen LogP contribution in [0.1, 0.15) is 65.1 Å². The van der Waals surface area contributed by atoms with Gasteiger partial charge in [0.25, 0.3) is 5.91 Å². The number of rotatable bonds is 6. The summed E-state index contributed by atoms with van der Waals surface area (Å²) in [6, 6.07) is 14.8. The average molecular weight is 571 g/mol. The molecule has 216 valence electrons. The van der Waals surface area contributed by atoms with Gasteiger partial charge in [-0.2, -0.15) is 13.2 Å². The molecule has 0 saturated heterocycles. The molecule has 3 amide bonds. The Bertz CT molecular complexity index is 1400. The van der Waals surface area contributed by atoms with Crippen molar-refractivity contribution in [3.63, 3.8) is 0 Å². The fraction of sp³-hybridized carbons (Fsp3) is 0.276. The van der Waals surface area contributed by atoms with Crippen LogP contribution in [0, 0.1) is 5.82 Å². The van der Waals surface area contributed by atoms with Gasteiger partial charge in [-0.05, 0) is 72.4 Å². The van der Waals surface area contributed by atoms with Gasteiger partial charge in [0.15, 0.2) is 0 Å². The predicted molar refractivity (Wildman–Crippen MR) is 149 cm³/mol. The third-order valence-electron chi connectivity index (χ3n) is 6.94. The molecule has 0 spiro atoms. The van der Waals surface area contributed by atoms with Gasteiger partial charge in [0.05, 0.1) is 12.1 Å². The molecular weight excluding hydrogens is 540 g/mol. The first-order chi connectivity index (χ1) is 19.5. The van der Waals surface area contributed by atoms with Crippen LogP contribution >= 0.6 is 0 Å². The van der Waals surface area contributed by atoms with Crippen LogP contribution in [0.15, 0.2) is 71.8 Å². The van der Waals surface area contributed by atoms with Crippen LogP contribution in [0.2, 0.25) is 0 Å². The van der Waals surface area contributed by atoms with E-state index < -0.39 is 29.5 Å². The van der Waals surface area contributed by atoms with Crippen molar-refractivity contribution in [2.45, 2.75) is 50.7 Å². The molecule has 0 bridgehead atoms. The number of nitrogens with zero attached hydrogens (tertiary/aromatic N) is 2. The standard InChI is InChI=1S/C29H30F4N6O2/c30-23-14-22(29(31,32)33)15-24(16-23)36-28(41)39(25-12-10-20(11-13-25)19-4-2-1-3-5-19)17-18-6-8-21(9-7-18)26(40)37-27(34)38-35/h6-16,19H,1-5,17,35H2,(H,36,41)(H3,34,37,38,40). The number of urea groups is 1. The van der Waals surface area contributed by atoms with Gasteiger partial charge in [-0.3, -0.25) is 15.0 Å². The summed E-state index contributed by atoms with van der Waals surface area (Å²) in [5.41, 5.74) is 6.39. The highest BCUT2D eigenvalue weighted by Crippen LogP contribution is 2.34. The molecule has 0 atom stereocenters. The quantitative estimate of drug-likeness (QED) is 0.0947. The van der Waals surface area contributed by atoms with E-state index in [9.17, 15) is 27.2 Å². The smallest absolute Gasteiger partial charge is 0.368 e. The van der Waals surface area contributed by atoms with E-state index in [-0.39, 0.29) is 23.8 Å². The van der Waals surface area contributed by atoms with Gasteiger partial charge in [-0.15, -0.1) is 5.10 Å². The van der Waals surface area contributed by atoms with Crippen molar-refractivity contribution in [2.75, 3.05) is 10.2 Å². The highest BCUT2D eigenvalue weighted by Gasteiger charge is 2.32. The van der Waals surface area contributed by atoms with Gasteiger partial charge >= 0.3 is 12.2 Å². The van der Waals surface area contributed by atoms with Crippen LogP contribution in [0.4, 0.5) is 33.7 Å². The normalized spacial score (nSPS) is 14.4. The number of hydrazone groups is 1. The average Bonchev–Trinajstić information content (AvgIpc) is 2.96. The van der Waals surface area contributed by atoms with Crippen LogP contribution in [-0.2, 0) is 12.7 Å². The SMILES string of the molecule is N/N=C(\N)NC(=O)c1ccc(CN(C(=O)Nc2cc(F)cc(C(F)(F)F)c2)c2ccc(C3CCCCC3)cc2)cc1. The number of nitrogens with one attached hydrogen (secondary N) is 2. The zero-order valence-electron chi connectivity index (χ0n) is 22.0. The molecule has 0 radical (unpaired) electrons. The van der Waals surface area contributed by atoms with Crippen molar-refractivity contribution in [2.24, 2.45) is 16.7 Å². The summed E-state index contributed by atoms with van der Waals surface area (Å²) in [5, 5.41) is 7.89. The molecule has 0 aromatic heterocycles. The van der Waals surface area contributed by atoms with Crippen LogP contribution in [0.25, 0.3) is 0 Å². The largest absolute Gasteiger partial charge is 0.416 e. The van der Waals surface area contributed by atoms with E-state index in [1.807, 2.05) is 12.1 Å². The summed E-state index contributed by atoms with van der Waals surface area (Å²) >= 11 is 0. The lowest BCUT2D eigenvalue weighted by Crippen LogP contribution is -2.37. The van der Waals surface area contributed by atoms with E-state index >= 15 is 0 Å². The van der Waals surface area contributed by atoms with E-state index in [0.29, 0.717) is 29.3 Å². The molecule has 0 heterocycles. The molecule has 1 aliphatic carbocycles. The second kappa shape index (κ2) is 12.7. The Morgan fingerprint density at radius 3 is 2.22 bits per heavy atom. The van der Waals surface area contributed by atoms with E-state index in [1.165, 1.54) is 23.5 Å². The van der Waals surface area contributed by atoms with Crippen molar-refractivity contribution in [1.82, 2.24) is 5.32 Å². The molecule has 6 N–H and O–H groups in total. The van der Waals surface area contributed by atoms with Crippen molar-refractivity contribution < 1.29 is 27.2 Å². The highest BCUT2D eigenvalue weighted by molar-refractivity contribution is 6.05. The molecule has 8 nitrogen and oxygen atoms in total. The zero-order valence-corrected chi connectivity index (χ0v) is 22.0. The van der Waals surface area contributed by atoms with Crippen molar-refractivity contribution in [3.8, 4) is 0 Å². The number of carbonyl (C=O) groups is 2. The summed E-state index contributed by atoms with van der Waals surface area (Å²) in [6.45, 7) is 0.00431.